The number of carboxylic acid groups (broad SMARTS) is 2. The van der Waals surface area contributed by atoms with Crippen molar-refractivity contribution in [3.8, 4) is 0 Å². The van der Waals surface area contributed by atoms with Gasteiger partial charge in [0.2, 0.25) is 0 Å². The molecule has 0 heterocycles. The van der Waals surface area contributed by atoms with Crippen molar-refractivity contribution in [3.63, 3.8) is 0 Å². The average molecular weight is 298 g/mol. The number of hydrogen-bond acceptors (Lipinski definition) is 3. The van der Waals surface area contributed by atoms with Crippen molar-refractivity contribution in [1.29, 1.82) is 0 Å². The van der Waals surface area contributed by atoms with E-state index in [1.54, 1.807) is 24.3 Å². The van der Waals surface area contributed by atoms with Crippen molar-refractivity contribution >= 4 is 17.7 Å². The highest BCUT2D eigenvalue weighted by Gasteiger charge is 2.15. The van der Waals surface area contributed by atoms with E-state index in [-0.39, 0.29) is 28.9 Å². The topological polar surface area (TPSA) is 91.7 Å². The first-order valence-electron chi connectivity index (χ1n) is 6.67. The van der Waals surface area contributed by atoms with Crippen molar-refractivity contribution in [2.24, 2.45) is 0 Å². The fraction of sp³-hybridized carbons (Fsp3) is 0.118. The van der Waals surface area contributed by atoms with Crippen LogP contribution in [0.5, 0.6) is 0 Å². The van der Waals surface area contributed by atoms with E-state index >= 15 is 0 Å². The summed E-state index contributed by atoms with van der Waals surface area (Å²) in [6, 6.07) is 12.4. The van der Waals surface area contributed by atoms with Crippen LogP contribution in [0.15, 0.2) is 48.5 Å². The van der Waals surface area contributed by atoms with Gasteiger partial charge in [-0.25, -0.2) is 9.59 Å². The second-order valence-corrected chi connectivity index (χ2v) is 4.78. The van der Waals surface area contributed by atoms with Gasteiger partial charge in [0.15, 0.2) is 5.78 Å². The van der Waals surface area contributed by atoms with Crippen molar-refractivity contribution in [2.75, 3.05) is 0 Å². The summed E-state index contributed by atoms with van der Waals surface area (Å²) in [4.78, 5) is 34.2. The van der Waals surface area contributed by atoms with Gasteiger partial charge in [0.25, 0.3) is 0 Å². The van der Waals surface area contributed by atoms with Gasteiger partial charge in [0, 0.05) is 12.0 Å². The number of hydrogen-bond donors (Lipinski definition) is 2. The first-order chi connectivity index (χ1) is 10.5. The Hall–Kier alpha value is -2.95. The van der Waals surface area contributed by atoms with E-state index in [1.165, 1.54) is 24.3 Å². The maximum atomic E-state index is 12.2. The maximum Gasteiger partial charge on any atom is 0.336 e. The third kappa shape index (κ3) is 3.58. The largest absolute Gasteiger partial charge is 0.478 e. The minimum absolute atomic E-state index is 0.0215. The number of Topliss-reactive ketones (excluding diaryl/α,β-unsaturated/α-hetero) is 1. The Labute approximate surface area is 126 Å². The first-order valence-corrected chi connectivity index (χ1v) is 6.67. The molecular weight excluding hydrogens is 284 g/mol. The van der Waals surface area contributed by atoms with E-state index in [9.17, 15) is 14.4 Å². The summed E-state index contributed by atoms with van der Waals surface area (Å²) in [5.74, 6) is -2.44. The molecule has 0 bridgehead atoms. The zero-order chi connectivity index (χ0) is 16.1. The first kappa shape index (κ1) is 15.4. The SMILES string of the molecule is O=C(O)c1cccc(CCC(=O)c2ccccc2C(=O)O)c1. The lowest BCUT2D eigenvalue weighted by molar-refractivity contribution is 0.0684. The molecule has 2 N–H and O–H groups in total. The van der Waals surface area contributed by atoms with Crippen LogP contribution in [0.3, 0.4) is 0 Å². The summed E-state index contributed by atoms with van der Waals surface area (Å²) in [5, 5.41) is 18.0. The van der Waals surface area contributed by atoms with Crippen LogP contribution in [-0.2, 0) is 6.42 Å². The fourth-order valence-corrected chi connectivity index (χ4v) is 2.17. The van der Waals surface area contributed by atoms with Crippen LogP contribution in [0.2, 0.25) is 0 Å². The van der Waals surface area contributed by atoms with Crippen LogP contribution in [-0.4, -0.2) is 27.9 Å². The highest BCUT2D eigenvalue weighted by atomic mass is 16.4. The minimum Gasteiger partial charge on any atom is -0.478 e. The van der Waals surface area contributed by atoms with Crippen LogP contribution < -0.4 is 0 Å². The number of carbonyl (C=O) groups is 3. The molecule has 22 heavy (non-hydrogen) atoms. The quantitative estimate of drug-likeness (QED) is 0.800. The predicted molar refractivity (Wildman–Crippen MR) is 79.5 cm³/mol. The molecular formula is C17H14O5. The van der Waals surface area contributed by atoms with Gasteiger partial charge < -0.3 is 10.2 Å². The van der Waals surface area contributed by atoms with E-state index < -0.39 is 11.9 Å². The molecule has 0 aliphatic carbocycles. The summed E-state index contributed by atoms with van der Waals surface area (Å²) in [5.41, 5.74) is 1.04. The van der Waals surface area contributed by atoms with Crippen LogP contribution in [0.25, 0.3) is 0 Å². The predicted octanol–water partition coefficient (Wildman–Crippen LogP) is 2.90. The van der Waals surface area contributed by atoms with Crippen LogP contribution >= 0.6 is 0 Å². The monoisotopic (exact) mass is 298 g/mol. The zero-order valence-electron chi connectivity index (χ0n) is 11.7. The van der Waals surface area contributed by atoms with Gasteiger partial charge in [-0.2, -0.15) is 0 Å². The van der Waals surface area contributed by atoms with Gasteiger partial charge in [-0.15, -0.1) is 0 Å². The highest BCUT2D eigenvalue weighted by molar-refractivity contribution is 6.05. The summed E-state index contributed by atoms with van der Waals surface area (Å²) in [7, 11) is 0. The molecule has 5 heteroatoms. The molecule has 0 aliphatic heterocycles. The molecule has 5 nitrogen and oxygen atoms in total. The normalized spacial score (nSPS) is 10.2. The Bertz CT molecular complexity index is 733. The molecule has 112 valence electrons. The number of carbonyl (C=O) groups excluding carboxylic acids is 1. The van der Waals surface area contributed by atoms with Gasteiger partial charge >= 0.3 is 11.9 Å². The average Bonchev–Trinajstić information content (AvgIpc) is 2.52. The number of aryl methyl sites for hydroxylation is 1. The smallest absolute Gasteiger partial charge is 0.336 e. The zero-order valence-corrected chi connectivity index (χ0v) is 11.7. The molecule has 0 radical (unpaired) electrons. The molecule has 2 aromatic carbocycles. The molecule has 0 aromatic heterocycles. The summed E-state index contributed by atoms with van der Waals surface area (Å²) in [6.45, 7) is 0. The van der Waals surface area contributed by atoms with E-state index in [1.807, 2.05) is 0 Å². The van der Waals surface area contributed by atoms with Gasteiger partial charge in [0.05, 0.1) is 11.1 Å². The van der Waals surface area contributed by atoms with Crippen molar-refractivity contribution in [1.82, 2.24) is 0 Å². The Balaban J connectivity index is 2.12. The minimum atomic E-state index is -1.14. The highest BCUT2D eigenvalue weighted by Crippen LogP contribution is 2.14. The second-order valence-electron chi connectivity index (χ2n) is 4.78. The van der Waals surface area contributed by atoms with Crippen LogP contribution in [0.4, 0.5) is 0 Å². The molecule has 2 aromatic rings. The molecule has 0 amide bonds. The Kier molecular flexibility index (Phi) is 4.68. The lowest BCUT2D eigenvalue weighted by Crippen LogP contribution is -2.09. The molecule has 0 saturated heterocycles. The van der Waals surface area contributed by atoms with E-state index in [0.717, 1.165) is 5.56 Å². The number of rotatable bonds is 6. The number of benzene rings is 2. The van der Waals surface area contributed by atoms with Gasteiger partial charge in [0.1, 0.15) is 0 Å². The Morgan fingerprint density at radius 3 is 2.14 bits per heavy atom. The van der Waals surface area contributed by atoms with Crippen molar-refractivity contribution in [2.45, 2.75) is 12.8 Å². The molecule has 0 fully saturated rings. The lowest BCUT2D eigenvalue weighted by atomic mass is 9.98. The summed E-state index contributed by atoms with van der Waals surface area (Å²) in [6.07, 6.45) is 0.473. The molecule has 0 saturated carbocycles. The molecule has 0 spiro atoms. The van der Waals surface area contributed by atoms with Crippen molar-refractivity contribution in [3.05, 3.63) is 70.8 Å². The van der Waals surface area contributed by atoms with Gasteiger partial charge in [-0.3, -0.25) is 4.79 Å². The fourth-order valence-electron chi connectivity index (χ4n) is 2.17. The van der Waals surface area contributed by atoms with Gasteiger partial charge in [-0.05, 0) is 30.2 Å². The summed E-state index contributed by atoms with van der Waals surface area (Å²) >= 11 is 0. The van der Waals surface area contributed by atoms with Crippen LogP contribution in [0.1, 0.15) is 43.1 Å². The number of carboxylic acids is 2. The Morgan fingerprint density at radius 1 is 0.818 bits per heavy atom. The number of aromatic carboxylic acids is 2. The van der Waals surface area contributed by atoms with E-state index in [2.05, 4.69) is 0 Å². The Morgan fingerprint density at radius 2 is 1.50 bits per heavy atom. The molecule has 0 unspecified atom stereocenters. The second kappa shape index (κ2) is 6.67. The van der Waals surface area contributed by atoms with E-state index in [0.29, 0.717) is 6.42 Å². The lowest BCUT2D eigenvalue weighted by Gasteiger charge is -2.06. The van der Waals surface area contributed by atoms with Crippen molar-refractivity contribution < 1.29 is 24.6 Å². The van der Waals surface area contributed by atoms with Gasteiger partial charge in [-0.1, -0.05) is 30.3 Å². The van der Waals surface area contributed by atoms with E-state index in [4.69, 9.17) is 10.2 Å². The maximum absolute atomic E-state index is 12.2. The third-order valence-electron chi connectivity index (χ3n) is 3.27. The third-order valence-corrected chi connectivity index (χ3v) is 3.27. The van der Waals surface area contributed by atoms with Crippen LogP contribution in [0, 0.1) is 0 Å². The molecule has 2 rings (SSSR count). The molecule has 0 aliphatic rings. The summed E-state index contributed by atoms with van der Waals surface area (Å²) < 4.78 is 0. The molecule has 0 atom stereocenters. The standard InChI is InChI=1S/C17H14O5/c18-15(13-6-1-2-7-14(13)17(21)22)9-8-11-4-3-5-12(10-11)16(19)20/h1-7,10H,8-9H2,(H,19,20)(H,21,22). The number of ketones is 1.